The van der Waals surface area contributed by atoms with Crippen LogP contribution in [0, 0.1) is 6.92 Å². The monoisotopic (exact) mass is 288 g/mol. The molecule has 1 amide bonds. The van der Waals surface area contributed by atoms with Crippen LogP contribution in [0.5, 0.6) is 0 Å². The first-order valence-corrected chi connectivity index (χ1v) is 7.12. The van der Waals surface area contributed by atoms with E-state index < -0.39 is 0 Å². The Balaban J connectivity index is 1.95. The second kappa shape index (κ2) is 7.42. The number of nitrogens with zero attached hydrogens (tertiary/aromatic N) is 2. The van der Waals surface area contributed by atoms with Gasteiger partial charge in [-0.05, 0) is 19.4 Å². The van der Waals surface area contributed by atoms with Gasteiger partial charge in [0.1, 0.15) is 5.76 Å². The Hall–Kier alpha value is -2.37. The molecule has 0 saturated carbocycles. The molecule has 0 radical (unpaired) electrons. The van der Waals surface area contributed by atoms with Gasteiger partial charge in [0.05, 0.1) is 17.4 Å². The molecule has 6 heteroatoms. The fourth-order valence-electron chi connectivity index (χ4n) is 1.88. The Morgan fingerprint density at radius 3 is 2.86 bits per heavy atom. The Bertz CT molecular complexity index is 595. The van der Waals surface area contributed by atoms with E-state index in [0.29, 0.717) is 23.6 Å². The van der Waals surface area contributed by atoms with Crippen molar-refractivity contribution in [2.24, 2.45) is 0 Å². The van der Waals surface area contributed by atoms with E-state index in [4.69, 9.17) is 4.52 Å². The molecule has 0 aliphatic carbocycles. The van der Waals surface area contributed by atoms with E-state index in [-0.39, 0.29) is 5.91 Å². The van der Waals surface area contributed by atoms with Gasteiger partial charge in [-0.3, -0.25) is 9.78 Å². The van der Waals surface area contributed by atoms with Gasteiger partial charge in [-0.25, -0.2) is 0 Å². The maximum Gasteiger partial charge on any atom is 0.252 e. The third-order valence-corrected chi connectivity index (χ3v) is 2.97. The van der Waals surface area contributed by atoms with Crippen LogP contribution in [0.25, 0.3) is 0 Å². The predicted octanol–water partition coefficient (Wildman–Crippen LogP) is 3.04. The van der Waals surface area contributed by atoms with Crippen LogP contribution in [0.15, 0.2) is 29.0 Å². The molecule has 0 aromatic carbocycles. The standard InChI is InChI=1S/C15H20N4O2/c1-3-4-5-6-17-15(20)12-8-13(10-16-9-12)18-14-7-11(2)21-19-14/h7-10H,3-6H2,1-2H3,(H,17,20)(H,18,19). The topological polar surface area (TPSA) is 80.0 Å². The number of aromatic nitrogens is 2. The minimum Gasteiger partial charge on any atom is -0.360 e. The SMILES string of the molecule is CCCCCNC(=O)c1cncc(Nc2cc(C)on2)c1. The molecule has 21 heavy (non-hydrogen) atoms. The lowest BCUT2D eigenvalue weighted by molar-refractivity contribution is 0.0952. The van der Waals surface area contributed by atoms with Crippen LogP contribution in [0.2, 0.25) is 0 Å². The number of hydrogen-bond donors (Lipinski definition) is 2. The van der Waals surface area contributed by atoms with E-state index in [1.165, 1.54) is 0 Å². The molecule has 0 atom stereocenters. The molecule has 0 aliphatic rings. The summed E-state index contributed by atoms with van der Waals surface area (Å²) in [5.41, 5.74) is 1.22. The Morgan fingerprint density at radius 1 is 1.29 bits per heavy atom. The summed E-state index contributed by atoms with van der Waals surface area (Å²) in [6, 6.07) is 3.52. The molecule has 0 aliphatic heterocycles. The van der Waals surface area contributed by atoms with Gasteiger partial charge in [0, 0.05) is 18.8 Å². The molecule has 2 heterocycles. The zero-order chi connectivity index (χ0) is 15.1. The molecule has 0 bridgehead atoms. The van der Waals surface area contributed by atoms with E-state index in [1.807, 2.05) is 6.92 Å². The smallest absolute Gasteiger partial charge is 0.252 e. The average Bonchev–Trinajstić information content (AvgIpc) is 2.89. The highest BCUT2D eigenvalue weighted by molar-refractivity contribution is 5.94. The van der Waals surface area contributed by atoms with Gasteiger partial charge in [0.2, 0.25) is 0 Å². The highest BCUT2D eigenvalue weighted by Crippen LogP contribution is 2.16. The Morgan fingerprint density at radius 2 is 2.14 bits per heavy atom. The number of carbonyl (C=O) groups excluding carboxylic acids is 1. The maximum absolute atomic E-state index is 12.0. The summed E-state index contributed by atoms with van der Waals surface area (Å²) in [7, 11) is 0. The van der Waals surface area contributed by atoms with Crippen molar-refractivity contribution in [3.05, 3.63) is 35.9 Å². The van der Waals surface area contributed by atoms with Gasteiger partial charge >= 0.3 is 0 Å². The van der Waals surface area contributed by atoms with Crippen molar-refractivity contribution >= 4 is 17.4 Å². The second-order valence-corrected chi connectivity index (χ2v) is 4.87. The summed E-state index contributed by atoms with van der Waals surface area (Å²) in [6.07, 6.45) is 6.43. The van der Waals surface area contributed by atoms with Crippen LogP contribution in [0.4, 0.5) is 11.5 Å². The van der Waals surface area contributed by atoms with Gasteiger partial charge in [0.15, 0.2) is 5.82 Å². The summed E-state index contributed by atoms with van der Waals surface area (Å²) in [5, 5.41) is 9.78. The molecule has 0 spiro atoms. The number of aryl methyl sites for hydroxylation is 1. The third-order valence-electron chi connectivity index (χ3n) is 2.97. The number of amides is 1. The van der Waals surface area contributed by atoms with Crippen LogP contribution < -0.4 is 10.6 Å². The Kier molecular flexibility index (Phi) is 5.31. The third kappa shape index (κ3) is 4.59. The maximum atomic E-state index is 12.0. The fourth-order valence-corrected chi connectivity index (χ4v) is 1.88. The number of rotatable bonds is 7. The fraction of sp³-hybridized carbons (Fsp3) is 0.400. The van der Waals surface area contributed by atoms with Crippen LogP contribution >= 0.6 is 0 Å². The summed E-state index contributed by atoms with van der Waals surface area (Å²) in [4.78, 5) is 16.1. The number of nitrogens with one attached hydrogen (secondary N) is 2. The molecular weight excluding hydrogens is 268 g/mol. The molecule has 2 N–H and O–H groups in total. The van der Waals surface area contributed by atoms with Crippen molar-refractivity contribution in [3.8, 4) is 0 Å². The number of anilines is 2. The Labute approximate surface area is 123 Å². The first kappa shape index (κ1) is 15.0. The lowest BCUT2D eigenvalue weighted by Crippen LogP contribution is -2.24. The van der Waals surface area contributed by atoms with E-state index >= 15 is 0 Å². The molecule has 2 aromatic heterocycles. The average molecular weight is 288 g/mol. The van der Waals surface area contributed by atoms with Gasteiger partial charge < -0.3 is 15.2 Å². The zero-order valence-electron chi connectivity index (χ0n) is 12.3. The predicted molar refractivity (Wildman–Crippen MR) is 80.6 cm³/mol. The lowest BCUT2D eigenvalue weighted by Gasteiger charge is -2.06. The number of hydrogen-bond acceptors (Lipinski definition) is 5. The van der Waals surface area contributed by atoms with Gasteiger partial charge in [0.25, 0.3) is 5.91 Å². The highest BCUT2D eigenvalue weighted by atomic mass is 16.5. The minimum atomic E-state index is -0.112. The van der Waals surface area contributed by atoms with Crippen molar-refractivity contribution in [1.82, 2.24) is 15.5 Å². The molecular formula is C15H20N4O2. The number of carbonyl (C=O) groups is 1. The van der Waals surface area contributed by atoms with Gasteiger partial charge in [-0.15, -0.1) is 0 Å². The molecule has 0 saturated heterocycles. The zero-order valence-corrected chi connectivity index (χ0v) is 12.3. The van der Waals surface area contributed by atoms with Gasteiger partial charge in [-0.2, -0.15) is 0 Å². The molecule has 0 fully saturated rings. The molecule has 112 valence electrons. The highest BCUT2D eigenvalue weighted by Gasteiger charge is 2.07. The van der Waals surface area contributed by atoms with Crippen LogP contribution in [0.3, 0.4) is 0 Å². The quantitative estimate of drug-likeness (QED) is 0.765. The summed E-state index contributed by atoms with van der Waals surface area (Å²) >= 11 is 0. The molecule has 2 rings (SSSR count). The molecule has 2 aromatic rings. The van der Waals surface area contributed by atoms with Crippen molar-refractivity contribution in [1.29, 1.82) is 0 Å². The second-order valence-electron chi connectivity index (χ2n) is 4.87. The molecule has 6 nitrogen and oxygen atoms in total. The van der Waals surface area contributed by atoms with E-state index in [9.17, 15) is 4.79 Å². The van der Waals surface area contributed by atoms with E-state index in [0.717, 1.165) is 25.0 Å². The normalized spacial score (nSPS) is 10.4. The van der Waals surface area contributed by atoms with Crippen LogP contribution in [-0.4, -0.2) is 22.6 Å². The number of pyridine rings is 1. The van der Waals surface area contributed by atoms with Gasteiger partial charge in [-0.1, -0.05) is 24.9 Å². The van der Waals surface area contributed by atoms with E-state index in [1.54, 1.807) is 24.5 Å². The van der Waals surface area contributed by atoms with E-state index in [2.05, 4.69) is 27.7 Å². The number of unbranched alkanes of at least 4 members (excludes halogenated alkanes) is 2. The summed E-state index contributed by atoms with van der Waals surface area (Å²) in [6.45, 7) is 4.63. The lowest BCUT2D eigenvalue weighted by atomic mass is 10.2. The first-order valence-electron chi connectivity index (χ1n) is 7.12. The molecule has 0 unspecified atom stereocenters. The van der Waals surface area contributed by atoms with Crippen molar-refractivity contribution in [3.63, 3.8) is 0 Å². The largest absolute Gasteiger partial charge is 0.360 e. The van der Waals surface area contributed by atoms with Crippen molar-refractivity contribution in [2.75, 3.05) is 11.9 Å². The van der Waals surface area contributed by atoms with Crippen molar-refractivity contribution < 1.29 is 9.32 Å². The van der Waals surface area contributed by atoms with Crippen molar-refractivity contribution in [2.45, 2.75) is 33.1 Å². The summed E-state index contributed by atoms with van der Waals surface area (Å²) in [5.74, 6) is 1.20. The first-order chi connectivity index (χ1) is 10.2. The van der Waals surface area contributed by atoms with Crippen LogP contribution in [0.1, 0.15) is 42.3 Å². The minimum absolute atomic E-state index is 0.112. The summed E-state index contributed by atoms with van der Waals surface area (Å²) < 4.78 is 4.98. The van der Waals surface area contributed by atoms with Crippen LogP contribution in [-0.2, 0) is 0 Å².